The third-order valence-corrected chi connectivity index (χ3v) is 4.58. The van der Waals surface area contributed by atoms with Gasteiger partial charge in [0.25, 0.3) is 0 Å². The molecule has 0 aliphatic heterocycles. The summed E-state index contributed by atoms with van der Waals surface area (Å²) in [6, 6.07) is 5.10. The topological polar surface area (TPSA) is 79.9 Å². The third kappa shape index (κ3) is 3.85. The quantitative estimate of drug-likeness (QED) is 0.552. The van der Waals surface area contributed by atoms with E-state index in [-0.39, 0.29) is 45.8 Å². The molecule has 0 spiro atoms. The first-order chi connectivity index (χ1) is 14.0. The molecule has 2 N–H and O–H groups in total. The van der Waals surface area contributed by atoms with Gasteiger partial charge >= 0.3 is 6.18 Å². The number of hydrogen-bond donors (Lipinski definition) is 2. The van der Waals surface area contributed by atoms with Gasteiger partial charge in [-0.25, -0.2) is 0 Å². The van der Waals surface area contributed by atoms with Crippen LogP contribution in [0.2, 0.25) is 0 Å². The molecule has 0 atom stereocenters. The zero-order chi connectivity index (χ0) is 22.2. The zero-order valence-corrected chi connectivity index (χ0v) is 16.4. The van der Waals surface area contributed by atoms with E-state index in [1.54, 1.807) is 6.08 Å². The molecule has 5 nitrogen and oxygen atoms in total. The van der Waals surface area contributed by atoms with Crippen LogP contribution in [0.3, 0.4) is 0 Å². The van der Waals surface area contributed by atoms with E-state index in [2.05, 4.69) is 0 Å². The van der Waals surface area contributed by atoms with Crippen LogP contribution in [0.25, 0.3) is 22.3 Å². The van der Waals surface area contributed by atoms with Crippen LogP contribution >= 0.6 is 0 Å². The van der Waals surface area contributed by atoms with E-state index in [0.717, 1.165) is 35.9 Å². The summed E-state index contributed by atoms with van der Waals surface area (Å²) >= 11 is 0. The van der Waals surface area contributed by atoms with Crippen LogP contribution in [-0.4, -0.2) is 17.3 Å². The van der Waals surface area contributed by atoms with Crippen LogP contribution in [0.1, 0.15) is 25.0 Å². The van der Waals surface area contributed by atoms with Gasteiger partial charge in [-0.2, -0.15) is 13.2 Å². The van der Waals surface area contributed by atoms with Gasteiger partial charge < -0.3 is 19.4 Å². The summed E-state index contributed by atoms with van der Waals surface area (Å²) in [4.78, 5) is 13.0. The molecule has 0 radical (unpaired) electrons. The maximum Gasteiger partial charge on any atom is 0.416 e. The van der Waals surface area contributed by atoms with Crippen molar-refractivity contribution in [3.8, 4) is 28.6 Å². The standard InChI is InChI=1S/C22H19F3O5/c1-11(2)4-9-14-15(26)10-16(27)17-18(28)21(29-3)19(30-20(14)17)12-5-7-13(8-6-12)22(23,24)25/h4-8,10,26-27H,9H2,1-3H3. The molecule has 1 aromatic heterocycles. The van der Waals surface area contributed by atoms with Crippen molar-refractivity contribution in [2.24, 2.45) is 0 Å². The molecule has 158 valence electrons. The molecule has 30 heavy (non-hydrogen) atoms. The number of halogens is 3. The Morgan fingerprint density at radius 3 is 2.30 bits per heavy atom. The summed E-state index contributed by atoms with van der Waals surface area (Å²) in [6.07, 6.45) is -2.50. The lowest BCUT2D eigenvalue weighted by molar-refractivity contribution is -0.137. The zero-order valence-electron chi connectivity index (χ0n) is 16.4. The first-order valence-corrected chi connectivity index (χ1v) is 8.94. The van der Waals surface area contributed by atoms with Gasteiger partial charge in [-0.15, -0.1) is 0 Å². The molecule has 2 aromatic carbocycles. The highest BCUT2D eigenvalue weighted by molar-refractivity contribution is 5.91. The second-order valence-corrected chi connectivity index (χ2v) is 6.95. The Balaban J connectivity index is 2.33. The summed E-state index contributed by atoms with van der Waals surface area (Å²) in [7, 11) is 1.22. The van der Waals surface area contributed by atoms with E-state index in [9.17, 15) is 28.2 Å². The molecule has 0 amide bonds. The normalized spacial score (nSPS) is 11.5. The van der Waals surface area contributed by atoms with E-state index in [1.165, 1.54) is 7.11 Å². The van der Waals surface area contributed by atoms with Crippen LogP contribution in [0, 0.1) is 0 Å². The molecule has 0 fully saturated rings. The van der Waals surface area contributed by atoms with Gasteiger partial charge in [-0.1, -0.05) is 23.8 Å². The van der Waals surface area contributed by atoms with Gasteiger partial charge in [0.15, 0.2) is 5.76 Å². The van der Waals surface area contributed by atoms with Gasteiger partial charge in [0, 0.05) is 17.2 Å². The molecule has 0 aliphatic carbocycles. The first-order valence-electron chi connectivity index (χ1n) is 8.94. The number of phenolic OH excluding ortho intramolecular Hbond substituents is 2. The van der Waals surface area contributed by atoms with Crippen molar-refractivity contribution in [3.63, 3.8) is 0 Å². The second-order valence-electron chi connectivity index (χ2n) is 6.95. The minimum atomic E-state index is -4.51. The number of rotatable bonds is 4. The highest BCUT2D eigenvalue weighted by atomic mass is 19.4. The lowest BCUT2D eigenvalue weighted by atomic mass is 10.0. The molecule has 3 aromatic rings. The van der Waals surface area contributed by atoms with E-state index in [4.69, 9.17) is 9.15 Å². The lowest BCUT2D eigenvalue weighted by Gasteiger charge is -2.14. The SMILES string of the molecule is COc1c(-c2ccc(C(F)(F)F)cc2)oc2c(CC=C(C)C)c(O)cc(O)c2c1=O. The van der Waals surface area contributed by atoms with Crippen molar-refractivity contribution in [2.45, 2.75) is 26.4 Å². The van der Waals surface area contributed by atoms with Gasteiger partial charge in [0.2, 0.25) is 11.2 Å². The van der Waals surface area contributed by atoms with Gasteiger partial charge in [0.05, 0.1) is 12.7 Å². The molecule has 0 bridgehead atoms. The number of hydrogen-bond acceptors (Lipinski definition) is 5. The van der Waals surface area contributed by atoms with E-state index < -0.39 is 22.9 Å². The highest BCUT2D eigenvalue weighted by Crippen LogP contribution is 2.39. The van der Waals surface area contributed by atoms with E-state index >= 15 is 0 Å². The molecule has 8 heteroatoms. The van der Waals surface area contributed by atoms with E-state index in [0.29, 0.717) is 0 Å². The predicted octanol–water partition coefficient (Wildman–Crippen LogP) is 5.41. The Bertz CT molecular complexity index is 1180. The smallest absolute Gasteiger partial charge is 0.416 e. The molecule has 1 heterocycles. The third-order valence-electron chi connectivity index (χ3n) is 4.58. The average molecular weight is 420 g/mol. The number of fused-ring (bicyclic) bond motifs is 1. The van der Waals surface area contributed by atoms with Crippen molar-refractivity contribution in [1.29, 1.82) is 0 Å². The summed E-state index contributed by atoms with van der Waals surface area (Å²) in [6.45, 7) is 3.71. The fourth-order valence-electron chi connectivity index (χ4n) is 3.06. The second kappa shape index (κ2) is 7.78. The average Bonchev–Trinajstić information content (AvgIpc) is 2.66. The minimum Gasteiger partial charge on any atom is -0.507 e. The summed E-state index contributed by atoms with van der Waals surface area (Å²) in [5.74, 6) is -1.14. The molecular weight excluding hydrogens is 401 g/mol. The fourth-order valence-corrected chi connectivity index (χ4v) is 3.06. The maximum absolute atomic E-state index is 13.0. The minimum absolute atomic E-state index is 0.0642. The first kappa shape index (κ1) is 21.3. The van der Waals surface area contributed by atoms with Gasteiger partial charge in [-0.3, -0.25) is 4.79 Å². The van der Waals surface area contributed by atoms with Crippen molar-refractivity contribution >= 4 is 11.0 Å². The molecular formula is C22H19F3O5. The molecule has 0 saturated heterocycles. The van der Waals surface area contributed by atoms with Gasteiger partial charge in [-0.05, 0) is 32.4 Å². The van der Waals surface area contributed by atoms with E-state index in [1.807, 2.05) is 13.8 Å². The van der Waals surface area contributed by atoms with Crippen LogP contribution in [-0.2, 0) is 12.6 Å². The summed E-state index contributed by atoms with van der Waals surface area (Å²) in [5, 5.41) is 20.3. The number of ether oxygens (including phenoxy) is 1. The van der Waals surface area contributed by atoms with Crippen LogP contribution in [0.15, 0.2) is 51.2 Å². The highest BCUT2D eigenvalue weighted by Gasteiger charge is 2.30. The molecule has 0 unspecified atom stereocenters. The van der Waals surface area contributed by atoms with Crippen molar-refractivity contribution in [1.82, 2.24) is 0 Å². The summed E-state index contributed by atoms with van der Waals surface area (Å²) < 4.78 is 49.6. The van der Waals surface area contributed by atoms with Crippen molar-refractivity contribution < 1.29 is 32.5 Å². The Labute approximate surface area is 169 Å². The maximum atomic E-state index is 13.0. The fraction of sp³-hybridized carbons (Fsp3) is 0.227. The van der Waals surface area contributed by atoms with Gasteiger partial charge in [0.1, 0.15) is 22.5 Å². The number of phenols is 2. The summed E-state index contributed by atoms with van der Waals surface area (Å²) in [5.41, 5.74) is -0.232. The number of alkyl halides is 3. The largest absolute Gasteiger partial charge is 0.507 e. The van der Waals surface area contributed by atoms with Crippen molar-refractivity contribution in [3.05, 3.63) is 63.3 Å². The number of allylic oxidation sites excluding steroid dienone is 2. The monoisotopic (exact) mass is 420 g/mol. The molecule has 0 saturated carbocycles. The Morgan fingerprint density at radius 1 is 1.13 bits per heavy atom. The Hall–Kier alpha value is -3.42. The van der Waals surface area contributed by atoms with Crippen LogP contribution in [0.4, 0.5) is 13.2 Å². The van der Waals surface area contributed by atoms with Crippen LogP contribution < -0.4 is 10.2 Å². The Kier molecular flexibility index (Phi) is 5.52. The van der Waals surface area contributed by atoms with Crippen LogP contribution in [0.5, 0.6) is 17.2 Å². The van der Waals surface area contributed by atoms with Crippen molar-refractivity contribution in [2.75, 3.05) is 7.11 Å². The Morgan fingerprint density at radius 2 is 1.77 bits per heavy atom. The molecule has 3 rings (SSSR count). The number of methoxy groups -OCH3 is 1. The number of benzene rings is 2. The lowest BCUT2D eigenvalue weighted by Crippen LogP contribution is -2.09. The molecule has 0 aliphatic rings. The number of aromatic hydroxyl groups is 2. The predicted molar refractivity (Wildman–Crippen MR) is 106 cm³/mol.